The van der Waals surface area contributed by atoms with Crippen LogP contribution in [0.1, 0.15) is 13.8 Å². The summed E-state index contributed by atoms with van der Waals surface area (Å²) in [6, 6.07) is 17.4. The summed E-state index contributed by atoms with van der Waals surface area (Å²) in [5, 5.41) is 0. The number of para-hydroxylation sites is 1. The number of ether oxygens (including phenoxy) is 1. The maximum atomic E-state index is 13.4. The third-order valence-electron chi connectivity index (χ3n) is 6.00. The smallest absolute Gasteiger partial charge is 0.332 e. The van der Waals surface area contributed by atoms with Crippen LogP contribution in [0.4, 0.5) is 11.6 Å². The molecule has 0 amide bonds. The van der Waals surface area contributed by atoms with E-state index in [-0.39, 0.29) is 18.0 Å². The summed E-state index contributed by atoms with van der Waals surface area (Å²) in [5.74, 6) is 2.44. The Kier molecular flexibility index (Phi) is 5.36. The summed E-state index contributed by atoms with van der Waals surface area (Å²) >= 11 is 0. The van der Waals surface area contributed by atoms with Crippen molar-refractivity contribution in [2.75, 3.05) is 11.4 Å². The fraction of sp³-hybridized carbons (Fsp3) is 0.269. The van der Waals surface area contributed by atoms with Gasteiger partial charge in [0.25, 0.3) is 5.56 Å². The molecular weight excluding hydrogens is 430 g/mol. The zero-order chi connectivity index (χ0) is 24.0. The molecule has 0 saturated heterocycles. The molecule has 0 spiro atoms. The van der Waals surface area contributed by atoms with Crippen molar-refractivity contribution in [3.63, 3.8) is 0 Å². The van der Waals surface area contributed by atoms with E-state index in [1.54, 1.807) is 14.0 Å². The molecule has 4 aromatic rings. The number of nitrogens with zero attached hydrogens (tertiary/aromatic N) is 5. The predicted molar refractivity (Wildman–Crippen MR) is 133 cm³/mol. The molecule has 8 nitrogen and oxygen atoms in total. The highest BCUT2D eigenvalue weighted by Crippen LogP contribution is 2.34. The summed E-state index contributed by atoms with van der Waals surface area (Å²) < 4.78 is 10.5. The van der Waals surface area contributed by atoms with Crippen LogP contribution in [0.25, 0.3) is 11.2 Å². The van der Waals surface area contributed by atoms with Gasteiger partial charge in [-0.05, 0) is 49.2 Å². The average Bonchev–Trinajstić information content (AvgIpc) is 3.20. The molecule has 0 fully saturated rings. The van der Waals surface area contributed by atoms with Gasteiger partial charge >= 0.3 is 5.69 Å². The van der Waals surface area contributed by atoms with Crippen molar-refractivity contribution in [1.82, 2.24) is 18.7 Å². The minimum absolute atomic E-state index is 0.185. The molecule has 2 aromatic carbocycles. The van der Waals surface area contributed by atoms with E-state index >= 15 is 0 Å². The molecule has 2 aromatic heterocycles. The van der Waals surface area contributed by atoms with Crippen LogP contribution in [-0.2, 0) is 20.1 Å². The van der Waals surface area contributed by atoms with E-state index in [0.717, 1.165) is 29.3 Å². The number of fused-ring (bicyclic) bond motifs is 3. The number of benzene rings is 2. The van der Waals surface area contributed by atoms with E-state index in [1.165, 1.54) is 9.13 Å². The molecule has 8 heteroatoms. The lowest BCUT2D eigenvalue weighted by molar-refractivity contribution is 0.457. The van der Waals surface area contributed by atoms with Crippen molar-refractivity contribution in [2.45, 2.75) is 26.9 Å². The number of aromatic nitrogens is 4. The molecule has 0 radical (unpaired) electrons. The first-order chi connectivity index (χ1) is 16.3. The quantitative estimate of drug-likeness (QED) is 0.423. The molecule has 0 saturated carbocycles. The summed E-state index contributed by atoms with van der Waals surface area (Å²) in [4.78, 5) is 33.1. The zero-order valence-electron chi connectivity index (χ0n) is 19.6. The van der Waals surface area contributed by atoms with Crippen LogP contribution in [0, 0.1) is 5.92 Å². The number of anilines is 2. The Morgan fingerprint density at radius 1 is 1.06 bits per heavy atom. The summed E-state index contributed by atoms with van der Waals surface area (Å²) in [6.45, 7) is 9.39. The highest BCUT2D eigenvalue weighted by atomic mass is 16.5. The van der Waals surface area contributed by atoms with E-state index < -0.39 is 5.69 Å². The minimum atomic E-state index is -0.391. The third kappa shape index (κ3) is 3.71. The number of allylic oxidation sites excluding steroid dienone is 1. The Hall–Kier alpha value is -4.07. The van der Waals surface area contributed by atoms with Crippen LogP contribution in [0.15, 0.2) is 76.3 Å². The minimum Gasteiger partial charge on any atom is -0.457 e. The zero-order valence-corrected chi connectivity index (χ0v) is 19.6. The van der Waals surface area contributed by atoms with Crippen molar-refractivity contribution >= 4 is 22.8 Å². The molecular formula is C26H27N5O3. The van der Waals surface area contributed by atoms with Crippen molar-refractivity contribution in [2.24, 2.45) is 13.0 Å². The number of hydrogen-bond acceptors (Lipinski definition) is 5. The molecule has 0 bridgehead atoms. The molecule has 1 aliphatic rings. The number of imidazole rings is 1. The van der Waals surface area contributed by atoms with Gasteiger partial charge in [-0.2, -0.15) is 4.98 Å². The van der Waals surface area contributed by atoms with Gasteiger partial charge in [-0.1, -0.05) is 37.3 Å². The van der Waals surface area contributed by atoms with Gasteiger partial charge in [-0.25, -0.2) is 4.79 Å². The van der Waals surface area contributed by atoms with Gasteiger partial charge < -0.3 is 14.2 Å². The van der Waals surface area contributed by atoms with Crippen molar-refractivity contribution < 1.29 is 4.74 Å². The van der Waals surface area contributed by atoms with Crippen molar-refractivity contribution in [3.8, 4) is 11.5 Å². The largest absolute Gasteiger partial charge is 0.457 e. The maximum Gasteiger partial charge on any atom is 0.332 e. The van der Waals surface area contributed by atoms with Gasteiger partial charge in [0.05, 0.1) is 6.54 Å². The topological polar surface area (TPSA) is 74.3 Å². The monoisotopic (exact) mass is 457 g/mol. The van der Waals surface area contributed by atoms with Crippen LogP contribution in [0.5, 0.6) is 11.5 Å². The lowest BCUT2D eigenvalue weighted by Gasteiger charge is -2.33. The molecule has 5 rings (SSSR count). The number of hydrogen-bond donors (Lipinski definition) is 0. The Labute approximate surface area is 197 Å². The van der Waals surface area contributed by atoms with Gasteiger partial charge in [0.1, 0.15) is 11.5 Å². The highest BCUT2D eigenvalue weighted by molar-refractivity contribution is 5.77. The Morgan fingerprint density at radius 2 is 1.74 bits per heavy atom. The first kappa shape index (κ1) is 21.8. The van der Waals surface area contributed by atoms with Gasteiger partial charge in [0.2, 0.25) is 5.95 Å². The molecule has 0 N–H and O–H groups in total. The van der Waals surface area contributed by atoms with Crippen molar-refractivity contribution in [3.05, 3.63) is 87.6 Å². The Balaban J connectivity index is 1.58. The Morgan fingerprint density at radius 3 is 2.41 bits per heavy atom. The van der Waals surface area contributed by atoms with Gasteiger partial charge in [-0.15, -0.1) is 0 Å². The van der Waals surface area contributed by atoms with E-state index in [1.807, 2.05) is 59.2 Å². The number of aryl methyl sites for hydroxylation is 1. The van der Waals surface area contributed by atoms with E-state index in [2.05, 4.69) is 18.4 Å². The summed E-state index contributed by atoms with van der Waals surface area (Å²) in [6.07, 6.45) is 0. The summed E-state index contributed by atoms with van der Waals surface area (Å²) in [5.41, 5.74) is 1.80. The second-order valence-electron chi connectivity index (χ2n) is 9.01. The number of rotatable bonds is 5. The Bertz CT molecular complexity index is 1500. The van der Waals surface area contributed by atoms with E-state index in [0.29, 0.717) is 23.7 Å². The van der Waals surface area contributed by atoms with Crippen LogP contribution in [-0.4, -0.2) is 25.2 Å². The molecule has 0 unspecified atom stereocenters. The predicted octanol–water partition coefficient (Wildman–Crippen LogP) is 4.05. The molecule has 1 atom stereocenters. The van der Waals surface area contributed by atoms with Crippen LogP contribution in [0.3, 0.4) is 0 Å². The fourth-order valence-electron chi connectivity index (χ4n) is 4.45. The van der Waals surface area contributed by atoms with Gasteiger partial charge in [-0.3, -0.25) is 13.9 Å². The second kappa shape index (κ2) is 8.37. The molecule has 1 aliphatic heterocycles. The average molecular weight is 458 g/mol. The standard InChI is InChI=1S/C26H27N5O3/c1-17(2)14-31-24(32)22-23(28(4)26(31)33)27-25-29(15-18(3)16-30(22)25)19-10-12-21(13-11-19)34-20-8-6-5-7-9-20/h5-13,18H,1,14-16H2,2-4H3/t18-/m1/s1. The van der Waals surface area contributed by atoms with E-state index in [4.69, 9.17) is 9.72 Å². The fourth-order valence-corrected chi connectivity index (χ4v) is 4.45. The normalized spacial score (nSPS) is 15.4. The SMILES string of the molecule is C=C(C)Cn1c(=O)c2c(nc3n2C[C@H](C)CN3c2ccc(Oc3ccccc3)cc2)n(C)c1=O. The van der Waals surface area contributed by atoms with Gasteiger partial charge in [0.15, 0.2) is 11.2 Å². The van der Waals surface area contributed by atoms with Crippen LogP contribution < -0.4 is 20.9 Å². The highest BCUT2D eigenvalue weighted by Gasteiger charge is 2.29. The second-order valence-corrected chi connectivity index (χ2v) is 9.01. The molecule has 3 heterocycles. The lowest BCUT2D eigenvalue weighted by atomic mass is 10.1. The first-order valence-corrected chi connectivity index (χ1v) is 11.3. The third-order valence-corrected chi connectivity index (χ3v) is 6.00. The van der Waals surface area contributed by atoms with Gasteiger partial charge in [0, 0.05) is 25.8 Å². The molecule has 174 valence electrons. The maximum absolute atomic E-state index is 13.4. The first-order valence-electron chi connectivity index (χ1n) is 11.3. The molecule has 34 heavy (non-hydrogen) atoms. The van der Waals surface area contributed by atoms with Crippen molar-refractivity contribution in [1.29, 1.82) is 0 Å². The van der Waals surface area contributed by atoms with E-state index in [9.17, 15) is 9.59 Å². The lowest BCUT2D eigenvalue weighted by Crippen LogP contribution is -2.40. The summed E-state index contributed by atoms with van der Waals surface area (Å²) in [7, 11) is 1.65. The van der Waals surface area contributed by atoms with Crippen LogP contribution in [0.2, 0.25) is 0 Å². The van der Waals surface area contributed by atoms with Crippen LogP contribution >= 0.6 is 0 Å². The molecule has 0 aliphatic carbocycles.